The van der Waals surface area contributed by atoms with Crippen LogP contribution in [0, 0.1) is 10.8 Å². The molecule has 3 rings (SSSR count). The van der Waals surface area contributed by atoms with Gasteiger partial charge in [-0.2, -0.15) is 0 Å². The number of likely N-dealkylation sites (tertiary alicyclic amines) is 1. The van der Waals surface area contributed by atoms with Crippen molar-refractivity contribution in [3.05, 3.63) is 34.3 Å². The number of rotatable bonds is 2. The molecule has 2 bridgehead atoms. The molecular formula is C16H25BrN2+2. The smallest absolute Gasteiger partial charge is 0.103 e. The summed E-state index contributed by atoms with van der Waals surface area (Å²) in [6, 6.07) is 8.85. The average molecular weight is 325 g/mol. The summed E-state index contributed by atoms with van der Waals surface area (Å²) < 4.78 is 1.18. The lowest BCUT2D eigenvalue weighted by Crippen LogP contribution is -3.17. The largest absolute Gasteiger partial charge is 0.345 e. The molecule has 3 N–H and O–H groups in total. The van der Waals surface area contributed by atoms with Crippen LogP contribution in [-0.4, -0.2) is 26.2 Å². The minimum atomic E-state index is 0.538. The van der Waals surface area contributed by atoms with Gasteiger partial charge in [0.05, 0.1) is 37.0 Å². The maximum atomic E-state index is 3.52. The molecule has 19 heavy (non-hydrogen) atoms. The number of piperidine rings is 2. The van der Waals surface area contributed by atoms with E-state index >= 15 is 0 Å². The molecule has 2 heterocycles. The van der Waals surface area contributed by atoms with Gasteiger partial charge in [-0.3, -0.25) is 0 Å². The van der Waals surface area contributed by atoms with Gasteiger partial charge in [-0.25, -0.2) is 0 Å². The molecule has 3 atom stereocenters. The number of quaternary nitrogens is 2. The molecule has 3 heteroatoms. The molecule has 0 radical (unpaired) electrons. The summed E-state index contributed by atoms with van der Waals surface area (Å²) in [5.74, 6) is 0. The van der Waals surface area contributed by atoms with Crippen molar-refractivity contribution in [1.82, 2.24) is 0 Å². The van der Waals surface area contributed by atoms with Gasteiger partial charge in [0.1, 0.15) is 6.54 Å². The maximum Gasteiger partial charge on any atom is 0.103 e. The Balaban J connectivity index is 1.73. The second-order valence-corrected chi connectivity index (χ2v) is 8.32. The number of fused-ring (bicyclic) bond motifs is 2. The van der Waals surface area contributed by atoms with Gasteiger partial charge in [-0.1, -0.05) is 28.1 Å². The number of benzene rings is 1. The molecular weight excluding hydrogens is 300 g/mol. The highest BCUT2D eigenvalue weighted by atomic mass is 79.9. The number of halogens is 1. The van der Waals surface area contributed by atoms with Crippen molar-refractivity contribution < 1.29 is 10.2 Å². The van der Waals surface area contributed by atoms with Gasteiger partial charge in [0, 0.05) is 10.0 Å². The minimum Gasteiger partial charge on any atom is -0.345 e. The zero-order valence-corrected chi connectivity index (χ0v) is 13.6. The molecule has 2 aliphatic heterocycles. The van der Waals surface area contributed by atoms with Gasteiger partial charge in [0.25, 0.3) is 0 Å². The van der Waals surface area contributed by atoms with Crippen LogP contribution in [0.5, 0.6) is 0 Å². The van der Waals surface area contributed by atoms with E-state index in [0.29, 0.717) is 10.8 Å². The fourth-order valence-electron chi connectivity index (χ4n) is 4.50. The lowest BCUT2D eigenvalue weighted by Gasteiger charge is -2.49. The zero-order valence-electron chi connectivity index (χ0n) is 12.0. The number of nitrogens with one attached hydrogen (secondary N) is 1. The van der Waals surface area contributed by atoms with Gasteiger partial charge < -0.3 is 10.2 Å². The zero-order chi connectivity index (χ0) is 13.5. The highest BCUT2D eigenvalue weighted by Gasteiger charge is 2.50. The van der Waals surface area contributed by atoms with Crippen molar-refractivity contribution in [1.29, 1.82) is 0 Å². The molecule has 2 aliphatic rings. The predicted molar refractivity (Wildman–Crippen MR) is 81.0 cm³/mol. The lowest BCUT2D eigenvalue weighted by molar-refractivity contribution is -0.945. The molecule has 2 fully saturated rings. The summed E-state index contributed by atoms with van der Waals surface area (Å²) in [7, 11) is 0. The number of nitrogens with two attached hydrogens (primary N) is 1. The molecule has 2 nitrogen and oxygen atoms in total. The third-order valence-corrected chi connectivity index (χ3v) is 5.38. The molecule has 0 amide bonds. The molecule has 0 aromatic heterocycles. The predicted octanol–water partition coefficient (Wildman–Crippen LogP) is 0.827. The Morgan fingerprint density at radius 3 is 2.26 bits per heavy atom. The van der Waals surface area contributed by atoms with Crippen molar-refractivity contribution >= 4 is 15.9 Å². The Hall–Kier alpha value is -0.380. The first kappa shape index (κ1) is 13.6. The molecule has 0 aliphatic carbocycles. The first-order valence-corrected chi connectivity index (χ1v) is 8.16. The highest BCUT2D eigenvalue weighted by molar-refractivity contribution is 9.10. The van der Waals surface area contributed by atoms with E-state index in [2.05, 4.69) is 59.4 Å². The van der Waals surface area contributed by atoms with E-state index in [1.807, 2.05) is 0 Å². The first-order valence-electron chi connectivity index (χ1n) is 7.36. The highest BCUT2D eigenvalue weighted by Crippen LogP contribution is 2.35. The first-order chi connectivity index (χ1) is 8.96. The van der Waals surface area contributed by atoms with Crippen molar-refractivity contribution in [2.75, 3.05) is 26.2 Å². The van der Waals surface area contributed by atoms with E-state index < -0.39 is 0 Å². The lowest BCUT2D eigenvalue weighted by atomic mass is 9.66. The monoisotopic (exact) mass is 324 g/mol. The van der Waals surface area contributed by atoms with Crippen LogP contribution in [0.1, 0.15) is 25.8 Å². The van der Waals surface area contributed by atoms with E-state index in [-0.39, 0.29) is 0 Å². The summed E-state index contributed by atoms with van der Waals surface area (Å²) in [6.07, 6.45) is 1.42. The second kappa shape index (κ2) is 4.87. The van der Waals surface area contributed by atoms with E-state index in [1.54, 1.807) is 4.90 Å². The molecule has 1 aromatic carbocycles. The number of hydrogen-bond acceptors (Lipinski definition) is 0. The molecule has 1 aromatic rings. The van der Waals surface area contributed by atoms with Crippen molar-refractivity contribution in [2.24, 2.45) is 10.8 Å². The van der Waals surface area contributed by atoms with E-state index in [0.717, 1.165) is 0 Å². The molecule has 1 unspecified atom stereocenters. The minimum absolute atomic E-state index is 0.538. The van der Waals surface area contributed by atoms with Gasteiger partial charge in [-0.05, 0) is 32.4 Å². The van der Waals surface area contributed by atoms with E-state index in [4.69, 9.17) is 0 Å². The van der Waals surface area contributed by atoms with Crippen molar-refractivity contribution in [2.45, 2.75) is 26.8 Å². The fourth-order valence-corrected chi connectivity index (χ4v) is 4.76. The average Bonchev–Trinajstić information content (AvgIpc) is 2.29. The summed E-state index contributed by atoms with van der Waals surface area (Å²) in [5.41, 5.74) is 2.54. The normalized spacial score (nSPS) is 38.2. The van der Waals surface area contributed by atoms with Crippen LogP contribution >= 0.6 is 15.9 Å². The van der Waals surface area contributed by atoms with Crippen LogP contribution in [0.2, 0.25) is 0 Å². The van der Waals surface area contributed by atoms with Gasteiger partial charge in [0.2, 0.25) is 0 Å². The summed E-state index contributed by atoms with van der Waals surface area (Å²) in [6.45, 7) is 11.4. The Morgan fingerprint density at radius 2 is 1.68 bits per heavy atom. The van der Waals surface area contributed by atoms with Crippen LogP contribution in [0.25, 0.3) is 0 Å². The maximum absolute atomic E-state index is 3.52. The van der Waals surface area contributed by atoms with E-state index in [1.165, 1.54) is 49.2 Å². The number of hydrogen-bond donors (Lipinski definition) is 2. The Bertz CT molecular complexity index is 440. The molecule has 0 spiro atoms. The summed E-state index contributed by atoms with van der Waals surface area (Å²) in [5, 5.41) is 2.54. The third-order valence-electron chi connectivity index (χ3n) is 4.85. The van der Waals surface area contributed by atoms with Gasteiger partial charge in [0.15, 0.2) is 0 Å². The van der Waals surface area contributed by atoms with Gasteiger partial charge >= 0.3 is 0 Å². The standard InChI is InChI=1S/C16H23BrN2/c1-15-8-16(2,10-18-9-15)12-19(11-15)7-13-3-5-14(17)6-4-13/h3-6,18H,7-12H2,1-2H3/p+2/t15-,16+. The van der Waals surface area contributed by atoms with Crippen LogP contribution < -0.4 is 10.2 Å². The Labute approximate surface area is 124 Å². The molecule has 2 saturated heterocycles. The summed E-state index contributed by atoms with van der Waals surface area (Å²) in [4.78, 5) is 1.77. The third kappa shape index (κ3) is 3.04. The van der Waals surface area contributed by atoms with Crippen molar-refractivity contribution in [3.63, 3.8) is 0 Å². The SMILES string of the molecule is C[C@]12C[NH2+]C[C@](C)(C[NH+](Cc3ccc(Br)cc3)C1)C2. The van der Waals surface area contributed by atoms with Crippen LogP contribution in [0.3, 0.4) is 0 Å². The quantitative estimate of drug-likeness (QED) is 0.804. The Morgan fingerprint density at radius 1 is 1.11 bits per heavy atom. The van der Waals surface area contributed by atoms with Crippen molar-refractivity contribution in [3.8, 4) is 0 Å². The van der Waals surface area contributed by atoms with Crippen LogP contribution in [-0.2, 0) is 6.54 Å². The topological polar surface area (TPSA) is 21.1 Å². The Kier molecular flexibility index (Phi) is 3.48. The summed E-state index contributed by atoms with van der Waals surface area (Å²) >= 11 is 3.52. The van der Waals surface area contributed by atoms with E-state index in [9.17, 15) is 0 Å². The molecule has 104 valence electrons. The van der Waals surface area contributed by atoms with Crippen LogP contribution in [0.4, 0.5) is 0 Å². The fraction of sp³-hybridized carbons (Fsp3) is 0.625. The van der Waals surface area contributed by atoms with Gasteiger partial charge in [-0.15, -0.1) is 0 Å². The molecule has 0 saturated carbocycles. The van der Waals surface area contributed by atoms with Crippen LogP contribution in [0.15, 0.2) is 28.7 Å². The second-order valence-electron chi connectivity index (χ2n) is 7.40.